The van der Waals surface area contributed by atoms with Crippen molar-refractivity contribution in [2.75, 3.05) is 37.7 Å². The Balaban J connectivity index is 1.31. The van der Waals surface area contributed by atoms with E-state index >= 15 is 13.2 Å². The maximum Gasteiger partial charge on any atom is 0.319 e. The minimum Gasteiger partial charge on any atom is -0.505 e. The van der Waals surface area contributed by atoms with E-state index in [1.165, 1.54) is 24.4 Å². The molecule has 2 aromatic heterocycles. The maximum atomic E-state index is 17.4. The zero-order chi connectivity index (χ0) is 39.8. The number of hydrogen-bond donors (Lipinski definition) is 2. The van der Waals surface area contributed by atoms with Crippen molar-refractivity contribution >= 4 is 35.6 Å². The summed E-state index contributed by atoms with van der Waals surface area (Å²) in [6.07, 6.45) is 3.49. The largest absolute Gasteiger partial charge is 0.505 e. The van der Waals surface area contributed by atoms with Gasteiger partial charge in [0.1, 0.15) is 43.7 Å². The van der Waals surface area contributed by atoms with Gasteiger partial charge >= 0.3 is 6.01 Å². The van der Waals surface area contributed by atoms with Crippen LogP contribution in [0, 0.1) is 40.8 Å². The van der Waals surface area contributed by atoms with Gasteiger partial charge in [0.2, 0.25) is 0 Å². The summed E-state index contributed by atoms with van der Waals surface area (Å²) < 4.78 is 70.8. The monoisotopic (exact) mass is 789 g/mol. The van der Waals surface area contributed by atoms with Gasteiger partial charge in [-0.3, -0.25) is 9.88 Å². The summed E-state index contributed by atoms with van der Waals surface area (Å²) in [5.74, 6) is 0.141. The zero-order valence-electron chi connectivity index (χ0n) is 33.0. The molecule has 0 unspecified atom stereocenters. The molecule has 1 saturated carbocycles. The molecule has 0 amide bonds. The molecule has 56 heavy (non-hydrogen) atoms. The summed E-state index contributed by atoms with van der Waals surface area (Å²) in [5, 5.41) is 22.1. The number of phenolic OH excluding ortho intramolecular Hbond substituents is 1. The Morgan fingerprint density at radius 2 is 1.75 bits per heavy atom. The number of aromatic hydroxyl groups is 1. The molecule has 298 valence electrons. The van der Waals surface area contributed by atoms with Gasteiger partial charge in [0.15, 0.2) is 17.4 Å². The van der Waals surface area contributed by atoms with E-state index in [9.17, 15) is 14.6 Å². The van der Waals surface area contributed by atoms with Gasteiger partial charge in [0, 0.05) is 43.6 Å². The van der Waals surface area contributed by atoms with Crippen molar-refractivity contribution in [3.05, 3.63) is 47.4 Å². The number of aromatic nitrogens is 3. The van der Waals surface area contributed by atoms with Crippen molar-refractivity contribution in [2.45, 2.75) is 108 Å². The Bertz CT molecular complexity index is 2240. The summed E-state index contributed by atoms with van der Waals surface area (Å²) in [7, 11) is -2.39. The molecule has 5 atom stereocenters. The number of piperidine rings is 1. The Morgan fingerprint density at radius 3 is 2.46 bits per heavy atom. The molecule has 2 bridgehead atoms. The number of benzene rings is 2. The first kappa shape index (κ1) is 38.9. The van der Waals surface area contributed by atoms with Gasteiger partial charge in [-0.1, -0.05) is 53.5 Å². The fourth-order valence-electron chi connectivity index (χ4n) is 10.9. The number of alkyl halides is 1. The van der Waals surface area contributed by atoms with Crippen LogP contribution in [0.2, 0.25) is 16.6 Å². The van der Waals surface area contributed by atoms with Crippen molar-refractivity contribution < 1.29 is 32.5 Å². The zero-order valence-corrected chi connectivity index (χ0v) is 34.0. The molecule has 4 aromatic rings. The number of anilines is 1. The standard InChI is InChI=1S/C43H51F4N5O3Si/c1-23(2)56(24(3)4,25(5)6)13-10-30-32(45)9-8-27-16-34(54)37(46)36(35(27)30)40-38(47)39-31(18-48-40)41(51-19-26-14-28(20-51)33(53)15-26)50-42(49-39)55-22-43-11-7-12-52(43)21-29(44)17-43/h8-9,16,18,23-26,28-29,33,53-54H,7,11-12,14-15,17,19-22H2,1-6H3/t26-,28-,29-,33-,43+/m1/s1. The van der Waals surface area contributed by atoms with Gasteiger partial charge in [0.05, 0.1) is 28.2 Å². The molecule has 1 aliphatic carbocycles. The highest BCUT2D eigenvalue weighted by molar-refractivity contribution is 6.90. The van der Waals surface area contributed by atoms with Crippen LogP contribution in [0.3, 0.4) is 0 Å². The highest BCUT2D eigenvalue weighted by Crippen LogP contribution is 2.45. The van der Waals surface area contributed by atoms with Crippen LogP contribution >= 0.6 is 0 Å². The number of pyridine rings is 1. The van der Waals surface area contributed by atoms with Crippen molar-refractivity contribution in [3.63, 3.8) is 0 Å². The Labute approximate surface area is 326 Å². The van der Waals surface area contributed by atoms with Crippen molar-refractivity contribution in [1.82, 2.24) is 19.9 Å². The molecule has 2 N–H and O–H groups in total. The molecule has 8 rings (SSSR count). The third-order valence-corrected chi connectivity index (χ3v) is 19.8. The lowest BCUT2D eigenvalue weighted by molar-refractivity contribution is 0.107. The molecule has 8 nitrogen and oxygen atoms in total. The van der Waals surface area contributed by atoms with Crippen LogP contribution in [0.4, 0.5) is 23.4 Å². The first-order chi connectivity index (χ1) is 26.6. The molecule has 4 aliphatic rings. The summed E-state index contributed by atoms with van der Waals surface area (Å²) in [6.45, 7) is 15.1. The second kappa shape index (κ2) is 14.4. The van der Waals surface area contributed by atoms with Crippen LogP contribution in [0.15, 0.2) is 24.4 Å². The number of ether oxygens (including phenoxy) is 1. The van der Waals surface area contributed by atoms with Crippen LogP contribution in [0.25, 0.3) is 32.9 Å². The van der Waals surface area contributed by atoms with E-state index in [2.05, 4.69) is 67.9 Å². The molecule has 3 aliphatic heterocycles. The van der Waals surface area contributed by atoms with Crippen LogP contribution in [0.5, 0.6) is 11.8 Å². The number of aliphatic hydroxyl groups is 1. The van der Waals surface area contributed by atoms with Crippen LogP contribution in [-0.2, 0) is 0 Å². The topological polar surface area (TPSA) is 94.8 Å². The van der Waals surface area contributed by atoms with Crippen LogP contribution in [-0.4, -0.2) is 88.7 Å². The van der Waals surface area contributed by atoms with Gasteiger partial charge in [-0.2, -0.15) is 9.97 Å². The van der Waals surface area contributed by atoms with Crippen molar-refractivity contribution in [3.8, 4) is 34.5 Å². The smallest absolute Gasteiger partial charge is 0.319 e. The predicted molar refractivity (Wildman–Crippen MR) is 213 cm³/mol. The number of halogens is 4. The third-order valence-electron chi connectivity index (χ3n) is 13.5. The van der Waals surface area contributed by atoms with Gasteiger partial charge in [-0.25, -0.2) is 17.6 Å². The summed E-state index contributed by atoms with van der Waals surface area (Å²) in [5.41, 5.74) is 2.56. The number of hydrogen-bond acceptors (Lipinski definition) is 8. The van der Waals surface area contributed by atoms with E-state index in [4.69, 9.17) is 9.72 Å². The molecule has 2 aromatic carbocycles. The SMILES string of the molecule is CC(C)[Si](C#Cc1c(F)ccc2cc(O)c(F)c(-c3ncc4c(N5C[C@@H]6C[C@H](C5)[C@H](O)C6)nc(OC[C@@]56CCCN5C[C@H](F)C6)nc4c3F)c12)(C(C)C)C(C)C. The second-order valence-corrected chi connectivity index (χ2v) is 23.3. The van der Waals surface area contributed by atoms with E-state index in [0.717, 1.165) is 25.8 Å². The molecule has 5 heterocycles. The quantitative estimate of drug-likeness (QED) is 0.104. The summed E-state index contributed by atoms with van der Waals surface area (Å²) in [4.78, 5) is 17.9. The highest BCUT2D eigenvalue weighted by Gasteiger charge is 2.50. The van der Waals surface area contributed by atoms with Crippen molar-refractivity contribution in [1.29, 1.82) is 0 Å². The molecule has 0 spiro atoms. The maximum absolute atomic E-state index is 17.4. The molecule has 13 heteroatoms. The molecular weight excluding hydrogens is 739 g/mol. The second-order valence-electron chi connectivity index (χ2n) is 17.7. The number of fused-ring (bicyclic) bond motifs is 5. The van der Waals surface area contributed by atoms with E-state index in [1.54, 1.807) is 0 Å². The number of phenols is 1. The summed E-state index contributed by atoms with van der Waals surface area (Å²) >= 11 is 0. The van der Waals surface area contributed by atoms with E-state index in [-0.39, 0.29) is 68.3 Å². The number of aliphatic hydroxyl groups excluding tert-OH is 1. The Kier molecular flexibility index (Phi) is 10.0. The lowest BCUT2D eigenvalue weighted by atomic mass is 9.95. The van der Waals surface area contributed by atoms with Gasteiger partial charge in [-0.05, 0) is 72.3 Å². The number of rotatable bonds is 8. The van der Waals surface area contributed by atoms with Gasteiger partial charge in [-0.15, -0.1) is 5.54 Å². The molecule has 4 fully saturated rings. The lowest BCUT2D eigenvalue weighted by Crippen LogP contribution is -2.43. The van der Waals surface area contributed by atoms with Crippen molar-refractivity contribution in [2.24, 2.45) is 11.8 Å². The van der Waals surface area contributed by atoms with Gasteiger partial charge in [0.25, 0.3) is 0 Å². The minimum absolute atomic E-state index is 0.00694. The van der Waals surface area contributed by atoms with Crippen LogP contribution < -0.4 is 9.64 Å². The summed E-state index contributed by atoms with van der Waals surface area (Å²) in [6, 6.07) is 3.73. The lowest BCUT2D eigenvalue weighted by Gasteiger charge is -2.38. The minimum atomic E-state index is -2.39. The van der Waals surface area contributed by atoms with Crippen LogP contribution in [0.1, 0.15) is 79.2 Å². The average molecular weight is 790 g/mol. The first-order valence-corrected chi connectivity index (χ1v) is 22.3. The first-order valence-electron chi connectivity index (χ1n) is 20.1. The van der Waals surface area contributed by atoms with E-state index in [1.807, 2.05) is 4.90 Å². The fraction of sp³-hybridized carbons (Fsp3) is 0.558. The molecule has 3 saturated heterocycles. The molecule has 0 radical (unpaired) electrons. The van der Waals surface area contributed by atoms with E-state index in [0.29, 0.717) is 38.3 Å². The normalized spacial score (nSPS) is 25.2. The predicted octanol–water partition coefficient (Wildman–Crippen LogP) is 8.70. The molecular formula is C43H51F4N5O3Si. The highest BCUT2D eigenvalue weighted by atomic mass is 28.3. The fourth-order valence-corrected chi connectivity index (χ4v) is 16.1. The Hall–Kier alpha value is -3.99. The third kappa shape index (κ3) is 6.31. The van der Waals surface area contributed by atoms with Gasteiger partial charge < -0.3 is 19.8 Å². The Morgan fingerprint density at radius 1 is 1.00 bits per heavy atom. The van der Waals surface area contributed by atoms with E-state index < -0.39 is 60.3 Å². The number of nitrogens with zero attached hydrogens (tertiary/aromatic N) is 5. The average Bonchev–Trinajstić information content (AvgIpc) is 3.76.